The highest BCUT2D eigenvalue weighted by molar-refractivity contribution is 8.76. The van der Waals surface area contributed by atoms with E-state index in [1.54, 1.807) is 12.2 Å². The molecule has 0 rings (SSSR count). The molecule has 0 aliphatic rings. The number of hydrogen-bond donors (Lipinski definition) is 3. The van der Waals surface area contributed by atoms with Crippen LogP contribution in [0.5, 0.6) is 0 Å². The molecule has 0 radical (unpaired) electrons. The van der Waals surface area contributed by atoms with E-state index in [0.29, 0.717) is 11.5 Å². The first-order valence-corrected chi connectivity index (χ1v) is 8.17. The van der Waals surface area contributed by atoms with E-state index >= 15 is 0 Å². The van der Waals surface area contributed by atoms with Gasteiger partial charge in [-0.05, 0) is 11.8 Å². The normalized spacial score (nSPS) is 12.4. The molecule has 0 saturated heterocycles. The van der Waals surface area contributed by atoms with Gasteiger partial charge in [-0.15, -0.1) is 13.2 Å². The molecule has 0 spiro atoms. The van der Waals surface area contributed by atoms with Crippen LogP contribution in [0.3, 0.4) is 0 Å². The van der Waals surface area contributed by atoms with Crippen LogP contribution in [-0.4, -0.2) is 21.3 Å². The van der Waals surface area contributed by atoms with E-state index < -0.39 is 16.2 Å². The van der Waals surface area contributed by atoms with Gasteiger partial charge in [-0.1, -0.05) is 12.2 Å². The fourth-order valence-electron chi connectivity index (χ4n) is 0.585. The molecule has 0 aliphatic carbocycles. The molecule has 66 valence electrons. The Hall–Kier alpha value is 0.400. The van der Waals surface area contributed by atoms with E-state index in [-0.39, 0.29) is 0 Å². The van der Waals surface area contributed by atoms with E-state index in [0.717, 1.165) is 0 Å². The lowest BCUT2D eigenvalue weighted by Crippen LogP contribution is -1.90. The summed E-state index contributed by atoms with van der Waals surface area (Å²) in [7, 11) is -0.901. The van der Waals surface area contributed by atoms with E-state index in [1.165, 1.54) is 0 Å². The molecule has 0 aliphatic heterocycles. The second kappa shape index (κ2) is 5.12. The lowest BCUT2D eigenvalue weighted by molar-refractivity contribution is 0.501. The highest BCUT2D eigenvalue weighted by atomic mass is 32.9. The van der Waals surface area contributed by atoms with Gasteiger partial charge in [0.05, 0.1) is 0 Å². The van der Waals surface area contributed by atoms with Crippen molar-refractivity contribution >= 4 is 28.0 Å². The Balaban J connectivity index is 4.20. The molecule has 0 atom stereocenters. The molecule has 11 heavy (non-hydrogen) atoms. The first-order chi connectivity index (χ1) is 5.02. The maximum Gasteiger partial charge on any atom is 0.222 e. The Morgan fingerprint density at radius 2 is 1.64 bits per heavy atom. The Kier molecular flexibility index (Phi) is 5.30. The van der Waals surface area contributed by atoms with E-state index in [1.807, 2.05) is 0 Å². The van der Waals surface area contributed by atoms with Crippen molar-refractivity contribution in [1.29, 1.82) is 0 Å². The summed E-state index contributed by atoms with van der Waals surface area (Å²) in [6.07, 6.45) is 3.34. The van der Waals surface area contributed by atoms with Crippen molar-refractivity contribution in [2.45, 2.75) is 0 Å². The summed E-state index contributed by atoms with van der Waals surface area (Å²) in [5, 5.41) is 0. The van der Waals surface area contributed by atoms with Crippen molar-refractivity contribution in [1.82, 2.24) is 0 Å². The fourth-order valence-corrected chi connectivity index (χ4v) is 4.93. The summed E-state index contributed by atoms with van der Waals surface area (Å²) in [4.78, 5) is 18.3. The largest absolute Gasteiger partial charge is 0.339 e. The number of thiol groups is 1. The summed E-state index contributed by atoms with van der Waals surface area (Å²) in [5.74, 6) is 1.21. The second-order valence-corrected chi connectivity index (χ2v) is 10.4. The minimum Gasteiger partial charge on any atom is -0.339 e. The van der Waals surface area contributed by atoms with Gasteiger partial charge in [0.1, 0.15) is 0 Å². The maximum absolute atomic E-state index is 9.15. The van der Waals surface area contributed by atoms with Gasteiger partial charge < -0.3 is 9.79 Å². The van der Waals surface area contributed by atoms with Crippen molar-refractivity contribution < 1.29 is 9.79 Å². The quantitative estimate of drug-likeness (QED) is 0.368. The molecular weight excluding hydrogens is 199 g/mol. The van der Waals surface area contributed by atoms with Crippen molar-refractivity contribution in [3.05, 3.63) is 25.3 Å². The van der Waals surface area contributed by atoms with Crippen LogP contribution in [0.25, 0.3) is 0 Å². The first-order valence-electron chi connectivity index (χ1n) is 3.05. The van der Waals surface area contributed by atoms with Crippen molar-refractivity contribution in [3.63, 3.8) is 0 Å². The average Bonchev–Trinajstić information content (AvgIpc) is 1.85. The summed E-state index contributed by atoms with van der Waals surface area (Å²) in [5.41, 5.74) is -3.05. The van der Waals surface area contributed by atoms with Gasteiger partial charge >= 0.3 is 0 Å². The van der Waals surface area contributed by atoms with Crippen LogP contribution in [0.2, 0.25) is 0 Å². The van der Waals surface area contributed by atoms with E-state index in [4.69, 9.17) is 9.79 Å². The van der Waals surface area contributed by atoms with Crippen molar-refractivity contribution in [2.75, 3.05) is 11.5 Å². The van der Waals surface area contributed by atoms with Crippen LogP contribution in [0.4, 0.5) is 0 Å². The molecule has 2 nitrogen and oxygen atoms in total. The number of hydrogen-bond acceptors (Lipinski definition) is 1. The minimum atomic E-state index is -3.05. The second-order valence-electron chi connectivity index (χ2n) is 1.96. The Morgan fingerprint density at radius 1 is 1.27 bits per heavy atom. The van der Waals surface area contributed by atoms with Gasteiger partial charge in [-0.3, -0.25) is 0 Å². The third-order valence-corrected chi connectivity index (χ3v) is 8.41. The van der Waals surface area contributed by atoms with Gasteiger partial charge in [0.2, 0.25) is 5.69 Å². The van der Waals surface area contributed by atoms with Crippen LogP contribution in [0.15, 0.2) is 25.3 Å². The minimum absolute atomic E-state index is 0.603. The van der Waals surface area contributed by atoms with Gasteiger partial charge in [0.25, 0.3) is 0 Å². The molecule has 5 heteroatoms. The van der Waals surface area contributed by atoms with Gasteiger partial charge in [0, 0.05) is 11.5 Å². The lowest BCUT2D eigenvalue weighted by atomic mass is 10.8. The molecule has 0 bridgehead atoms. The standard InChI is InChI=1S/C6H13O2PS2/c1-3-5-11(6-4-2)9(7,8)10/h3-4,11H,1-2,5-6H2,(H2,7,8,10). The van der Waals surface area contributed by atoms with Crippen LogP contribution in [0.1, 0.15) is 0 Å². The molecule has 2 N–H and O–H groups in total. The summed E-state index contributed by atoms with van der Waals surface area (Å²) >= 11 is 4.59. The molecule has 0 aromatic rings. The SMILES string of the molecule is C=CC[SH](CC=C)P(O)(O)=S. The van der Waals surface area contributed by atoms with Gasteiger partial charge in [-0.25, -0.2) is 0 Å². The molecule has 0 heterocycles. The highest BCUT2D eigenvalue weighted by Gasteiger charge is 2.16. The van der Waals surface area contributed by atoms with Crippen LogP contribution >= 0.6 is 16.2 Å². The Bertz CT molecular complexity index is 177. The van der Waals surface area contributed by atoms with Crippen LogP contribution < -0.4 is 0 Å². The third-order valence-electron chi connectivity index (χ3n) is 1.05. The molecule has 0 unspecified atom stereocenters. The van der Waals surface area contributed by atoms with Gasteiger partial charge in [-0.2, -0.15) is 10.5 Å². The van der Waals surface area contributed by atoms with Crippen molar-refractivity contribution in [3.8, 4) is 0 Å². The summed E-state index contributed by atoms with van der Waals surface area (Å²) in [6.45, 7) is 7.05. The third kappa shape index (κ3) is 4.77. The molecule has 0 saturated carbocycles. The van der Waals surface area contributed by atoms with Crippen LogP contribution in [-0.2, 0) is 11.8 Å². The zero-order valence-corrected chi connectivity index (χ0v) is 8.79. The summed E-state index contributed by atoms with van der Waals surface area (Å²) in [6, 6.07) is 0. The first kappa shape index (κ1) is 11.4. The smallest absolute Gasteiger partial charge is 0.222 e. The molecule has 0 aromatic heterocycles. The highest BCUT2D eigenvalue weighted by Crippen LogP contribution is 2.62. The molecular formula is C6H13O2PS2. The van der Waals surface area contributed by atoms with Gasteiger partial charge in [0.15, 0.2) is 0 Å². The topological polar surface area (TPSA) is 40.5 Å². The predicted molar refractivity (Wildman–Crippen MR) is 57.8 cm³/mol. The summed E-state index contributed by atoms with van der Waals surface area (Å²) < 4.78 is 0. The van der Waals surface area contributed by atoms with Crippen molar-refractivity contribution in [2.24, 2.45) is 0 Å². The average molecular weight is 212 g/mol. The fraction of sp³-hybridized carbons (Fsp3) is 0.333. The lowest BCUT2D eigenvalue weighted by Gasteiger charge is -2.22. The Morgan fingerprint density at radius 3 is 1.82 bits per heavy atom. The molecule has 0 aromatic carbocycles. The monoisotopic (exact) mass is 212 g/mol. The zero-order chi connectivity index (χ0) is 8.91. The zero-order valence-electron chi connectivity index (χ0n) is 6.18. The van der Waals surface area contributed by atoms with E-state index in [9.17, 15) is 0 Å². The van der Waals surface area contributed by atoms with E-state index in [2.05, 4.69) is 25.0 Å². The maximum atomic E-state index is 9.15. The Labute approximate surface area is 74.9 Å². The molecule has 0 amide bonds. The molecule has 0 fully saturated rings. The van der Waals surface area contributed by atoms with Crippen LogP contribution in [0, 0.1) is 0 Å². The predicted octanol–water partition coefficient (Wildman–Crippen LogP) is 1.57. The number of rotatable bonds is 5.